The number of halogens is 2. The third kappa shape index (κ3) is 2.93. The van der Waals surface area contributed by atoms with E-state index in [-0.39, 0.29) is 11.2 Å². The zero-order valence-electron chi connectivity index (χ0n) is 14.7. The zero-order valence-corrected chi connectivity index (χ0v) is 16.3. The average molecular weight is 432 g/mol. The fourth-order valence-electron chi connectivity index (χ4n) is 3.05. The molecule has 1 amide bonds. The number of methoxy groups -OCH3 is 1. The van der Waals surface area contributed by atoms with Crippen LogP contribution in [0.15, 0.2) is 35.2 Å². The first-order valence-corrected chi connectivity index (χ1v) is 8.82. The van der Waals surface area contributed by atoms with Gasteiger partial charge < -0.3 is 14.5 Å². The highest BCUT2D eigenvalue weighted by atomic mass is 79.9. The van der Waals surface area contributed by atoms with Crippen molar-refractivity contribution < 1.29 is 13.9 Å². The van der Waals surface area contributed by atoms with Crippen LogP contribution in [-0.4, -0.2) is 32.2 Å². The lowest BCUT2D eigenvalue weighted by Crippen LogP contribution is -2.15. The van der Waals surface area contributed by atoms with E-state index in [4.69, 9.17) is 4.74 Å². The largest absolute Gasteiger partial charge is 0.496 e. The SMILES string of the molecule is COc1cc(Br)c2cn(C)nc2c1C(=O)Nc1cc(F)c2nc(C)cn2c1. The Labute approximate surface area is 161 Å². The molecule has 0 aliphatic rings. The fourth-order valence-corrected chi connectivity index (χ4v) is 3.55. The van der Waals surface area contributed by atoms with Crippen LogP contribution >= 0.6 is 15.9 Å². The van der Waals surface area contributed by atoms with Crippen molar-refractivity contribution in [3.8, 4) is 5.75 Å². The van der Waals surface area contributed by atoms with Crippen LogP contribution in [0, 0.1) is 12.7 Å². The Morgan fingerprint density at radius 1 is 1.30 bits per heavy atom. The lowest BCUT2D eigenvalue weighted by Gasteiger charge is -2.11. The van der Waals surface area contributed by atoms with E-state index < -0.39 is 11.7 Å². The molecule has 0 aliphatic carbocycles. The van der Waals surface area contributed by atoms with Gasteiger partial charge in [-0.1, -0.05) is 0 Å². The van der Waals surface area contributed by atoms with E-state index in [2.05, 4.69) is 31.3 Å². The predicted molar refractivity (Wildman–Crippen MR) is 103 cm³/mol. The summed E-state index contributed by atoms with van der Waals surface area (Å²) >= 11 is 3.47. The second kappa shape index (κ2) is 6.34. The van der Waals surface area contributed by atoms with E-state index in [0.717, 1.165) is 9.86 Å². The summed E-state index contributed by atoms with van der Waals surface area (Å²) in [5.41, 5.74) is 1.96. The quantitative estimate of drug-likeness (QED) is 0.536. The number of rotatable bonds is 3. The molecule has 9 heteroatoms. The van der Waals surface area contributed by atoms with Crippen LogP contribution in [0.4, 0.5) is 10.1 Å². The molecule has 0 aliphatic heterocycles. The Hall–Kier alpha value is -2.94. The number of carbonyl (C=O) groups is 1. The number of aromatic nitrogens is 4. The molecule has 0 spiro atoms. The molecule has 3 heterocycles. The molecule has 4 rings (SSSR count). The number of amides is 1. The second-order valence-electron chi connectivity index (χ2n) is 6.14. The van der Waals surface area contributed by atoms with Crippen LogP contribution in [0.25, 0.3) is 16.6 Å². The molecule has 4 aromatic rings. The molecule has 0 saturated heterocycles. The molecule has 1 N–H and O–H groups in total. The Morgan fingerprint density at radius 3 is 2.81 bits per heavy atom. The van der Waals surface area contributed by atoms with Crippen molar-refractivity contribution >= 4 is 44.1 Å². The molecule has 0 atom stereocenters. The van der Waals surface area contributed by atoms with Crippen LogP contribution in [0.1, 0.15) is 16.1 Å². The number of nitrogens with one attached hydrogen (secondary N) is 1. The van der Waals surface area contributed by atoms with Crippen LogP contribution in [0.3, 0.4) is 0 Å². The van der Waals surface area contributed by atoms with Gasteiger partial charge in [0.2, 0.25) is 0 Å². The van der Waals surface area contributed by atoms with Crippen molar-refractivity contribution in [3.63, 3.8) is 0 Å². The van der Waals surface area contributed by atoms with E-state index in [1.807, 2.05) is 0 Å². The maximum Gasteiger partial charge on any atom is 0.261 e. The molecule has 1 aromatic carbocycles. The number of benzene rings is 1. The third-order valence-electron chi connectivity index (χ3n) is 4.16. The summed E-state index contributed by atoms with van der Waals surface area (Å²) in [6.45, 7) is 1.77. The number of nitrogens with zero attached hydrogens (tertiary/aromatic N) is 4. The van der Waals surface area contributed by atoms with Gasteiger partial charge in [0.05, 0.1) is 18.5 Å². The van der Waals surface area contributed by atoms with Crippen molar-refractivity contribution in [3.05, 3.63) is 52.3 Å². The monoisotopic (exact) mass is 431 g/mol. The molecular weight excluding hydrogens is 417 g/mol. The predicted octanol–water partition coefficient (Wildman–Crippen LogP) is 3.69. The van der Waals surface area contributed by atoms with E-state index in [0.29, 0.717) is 22.6 Å². The lowest BCUT2D eigenvalue weighted by molar-refractivity contribution is 0.102. The molecule has 0 fully saturated rings. The minimum atomic E-state index is -0.522. The summed E-state index contributed by atoms with van der Waals surface area (Å²) in [5.74, 6) is -0.601. The third-order valence-corrected chi connectivity index (χ3v) is 4.81. The highest BCUT2D eigenvalue weighted by Crippen LogP contribution is 2.34. The maximum absolute atomic E-state index is 14.3. The van der Waals surface area contributed by atoms with E-state index in [1.165, 1.54) is 17.6 Å². The minimum absolute atomic E-state index is 0.207. The second-order valence-corrected chi connectivity index (χ2v) is 7.00. The highest BCUT2D eigenvalue weighted by Gasteiger charge is 2.22. The fraction of sp³-hybridized carbons (Fsp3) is 0.167. The summed E-state index contributed by atoms with van der Waals surface area (Å²) in [7, 11) is 3.25. The molecule has 0 bridgehead atoms. The standard InChI is InChI=1S/C18H15BrFN5O2/c1-9-6-25-7-10(4-13(20)17(25)21-9)22-18(26)15-14(27-3)5-12(19)11-8-24(2)23-16(11)15/h4-8H,1-3H3,(H,22,26). The van der Waals surface area contributed by atoms with Gasteiger partial charge in [-0.25, -0.2) is 9.37 Å². The smallest absolute Gasteiger partial charge is 0.261 e. The van der Waals surface area contributed by atoms with Gasteiger partial charge in [0.25, 0.3) is 5.91 Å². The number of imidazole rings is 1. The molecule has 138 valence electrons. The Kier molecular flexibility index (Phi) is 4.11. The van der Waals surface area contributed by atoms with Crippen molar-refractivity contribution in [2.75, 3.05) is 12.4 Å². The normalized spacial score (nSPS) is 11.3. The van der Waals surface area contributed by atoms with Gasteiger partial charge >= 0.3 is 0 Å². The van der Waals surface area contributed by atoms with Gasteiger partial charge in [-0.2, -0.15) is 5.10 Å². The number of hydrogen-bond donors (Lipinski definition) is 1. The number of pyridine rings is 1. The summed E-state index contributed by atoms with van der Waals surface area (Å²) in [5, 5.41) is 7.87. The van der Waals surface area contributed by atoms with Gasteiger partial charge in [-0.05, 0) is 28.9 Å². The van der Waals surface area contributed by atoms with Crippen molar-refractivity contribution in [2.45, 2.75) is 6.92 Å². The molecule has 27 heavy (non-hydrogen) atoms. The number of carbonyl (C=O) groups excluding carboxylic acids is 1. The summed E-state index contributed by atoms with van der Waals surface area (Å²) in [6, 6.07) is 2.95. The van der Waals surface area contributed by atoms with Crippen LogP contribution in [0.2, 0.25) is 0 Å². The first kappa shape index (κ1) is 17.5. The summed E-state index contributed by atoms with van der Waals surface area (Å²) < 4.78 is 23.6. The van der Waals surface area contributed by atoms with Gasteiger partial charge in [-0.3, -0.25) is 9.48 Å². The number of anilines is 1. The van der Waals surface area contributed by atoms with Gasteiger partial charge in [0, 0.05) is 41.6 Å². The number of hydrogen-bond acceptors (Lipinski definition) is 4. The number of fused-ring (bicyclic) bond motifs is 2. The Bertz CT molecular complexity index is 1210. The molecule has 0 saturated carbocycles. The van der Waals surface area contributed by atoms with Crippen LogP contribution in [0.5, 0.6) is 5.75 Å². The first-order chi connectivity index (χ1) is 12.9. The van der Waals surface area contributed by atoms with E-state index in [1.54, 1.807) is 43.3 Å². The Morgan fingerprint density at radius 2 is 2.07 bits per heavy atom. The topological polar surface area (TPSA) is 73.5 Å². The van der Waals surface area contributed by atoms with Crippen molar-refractivity contribution in [1.82, 2.24) is 19.2 Å². The van der Waals surface area contributed by atoms with E-state index >= 15 is 0 Å². The molecule has 7 nitrogen and oxygen atoms in total. The first-order valence-electron chi connectivity index (χ1n) is 8.03. The van der Waals surface area contributed by atoms with Gasteiger partial charge in [-0.15, -0.1) is 0 Å². The minimum Gasteiger partial charge on any atom is -0.496 e. The molecule has 0 radical (unpaired) electrons. The van der Waals surface area contributed by atoms with Crippen molar-refractivity contribution in [1.29, 1.82) is 0 Å². The zero-order chi connectivity index (χ0) is 19.3. The molecular formula is C18H15BrFN5O2. The average Bonchev–Trinajstić information content (AvgIpc) is 3.16. The molecule has 0 unspecified atom stereocenters. The lowest BCUT2D eigenvalue weighted by atomic mass is 10.1. The summed E-state index contributed by atoms with van der Waals surface area (Å²) in [6.07, 6.45) is 5.10. The van der Waals surface area contributed by atoms with Gasteiger partial charge in [0.1, 0.15) is 16.8 Å². The number of aryl methyl sites for hydroxylation is 2. The number of ether oxygens (including phenoxy) is 1. The summed E-state index contributed by atoms with van der Waals surface area (Å²) in [4.78, 5) is 17.1. The molecule has 3 aromatic heterocycles. The van der Waals surface area contributed by atoms with Gasteiger partial charge in [0.15, 0.2) is 11.5 Å². The van der Waals surface area contributed by atoms with Crippen LogP contribution in [-0.2, 0) is 7.05 Å². The van der Waals surface area contributed by atoms with E-state index in [9.17, 15) is 9.18 Å². The maximum atomic E-state index is 14.3. The van der Waals surface area contributed by atoms with Crippen LogP contribution < -0.4 is 10.1 Å². The highest BCUT2D eigenvalue weighted by molar-refractivity contribution is 9.10. The van der Waals surface area contributed by atoms with Crippen molar-refractivity contribution in [2.24, 2.45) is 7.05 Å². The Balaban J connectivity index is 1.80.